The van der Waals surface area contributed by atoms with Crippen LogP contribution in [0.1, 0.15) is 11.1 Å². The van der Waals surface area contributed by atoms with Crippen LogP contribution in [-0.4, -0.2) is 15.0 Å². The molecule has 0 amide bonds. The van der Waals surface area contributed by atoms with E-state index in [1.54, 1.807) is 0 Å². The SMILES string of the molecule is c1ccc(-c2ccc(-c3ccc(-c4nc(-c5ccccc5)nc(-c5cccc(-c6cc(-c7ccc8c(c7)Cc7ccccc7-8)cc7oc8ccccc8c67)c5)n4)cc3)cc2)cc1. The highest BCUT2D eigenvalue weighted by atomic mass is 16.3. The molecule has 0 atom stereocenters. The molecule has 2 aromatic heterocycles. The van der Waals surface area contributed by atoms with Crippen LogP contribution in [0.25, 0.3) is 112 Å². The first-order chi connectivity index (χ1) is 30.7. The van der Waals surface area contributed by atoms with Gasteiger partial charge in [-0.2, -0.15) is 0 Å². The largest absolute Gasteiger partial charge is 0.456 e. The highest BCUT2D eigenvalue weighted by molar-refractivity contribution is 6.14. The van der Waals surface area contributed by atoms with Gasteiger partial charge in [0.15, 0.2) is 17.5 Å². The first-order valence-corrected chi connectivity index (χ1v) is 21.0. The van der Waals surface area contributed by atoms with Gasteiger partial charge in [0.1, 0.15) is 11.2 Å². The van der Waals surface area contributed by atoms with Crippen LogP contribution in [-0.2, 0) is 6.42 Å². The molecule has 0 spiro atoms. The second kappa shape index (κ2) is 14.8. The molecule has 0 unspecified atom stereocenters. The Labute approximate surface area is 359 Å². The third-order valence-electron chi connectivity index (χ3n) is 12.2. The maximum Gasteiger partial charge on any atom is 0.164 e. The summed E-state index contributed by atoms with van der Waals surface area (Å²) in [6.07, 6.45) is 0.938. The summed E-state index contributed by atoms with van der Waals surface area (Å²) < 4.78 is 6.59. The molecule has 290 valence electrons. The summed E-state index contributed by atoms with van der Waals surface area (Å²) in [6, 6.07) is 74.8. The topological polar surface area (TPSA) is 51.8 Å². The van der Waals surface area contributed by atoms with Crippen LogP contribution >= 0.6 is 0 Å². The van der Waals surface area contributed by atoms with Gasteiger partial charge in [0.25, 0.3) is 0 Å². The summed E-state index contributed by atoms with van der Waals surface area (Å²) in [5.41, 5.74) is 19.0. The normalized spacial score (nSPS) is 11.8. The fourth-order valence-electron chi connectivity index (χ4n) is 9.05. The van der Waals surface area contributed by atoms with E-state index < -0.39 is 0 Å². The molecule has 11 aromatic rings. The highest BCUT2D eigenvalue weighted by Crippen LogP contribution is 2.43. The van der Waals surface area contributed by atoms with E-state index in [0.29, 0.717) is 17.5 Å². The van der Waals surface area contributed by atoms with E-state index in [-0.39, 0.29) is 0 Å². The molecule has 0 saturated carbocycles. The molecule has 62 heavy (non-hydrogen) atoms. The molecule has 0 saturated heterocycles. The number of rotatable bonds is 7. The van der Waals surface area contributed by atoms with Gasteiger partial charge in [-0.15, -0.1) is 0 Å². The fourth-order valence-corrected chi connectivity index (χ4v) is 9.05. The van der Waals surface area contributed by atoms with Crippen molar-refractivity contribution in [2.24, 2.45) is 0 Å². The zero-order valence-electron chi connectivity index (χ0n) is 33.7. The van der Waals surface area contributed by atoms with E-state index >= 15 is 0 Å². The Hall–Kier alpha value is -8.21. The van der Waals surface area contributed by atoms with Crippen molar-refractivity contribution in [3.63, 3.8) is 0 Å². The second-order valence-electron chi connectivity index (χ2n) is 16.0. The molecule has 0 radical (unpaired) electrons. The van der Waals surface area contributed by atoms with Crippen LogP contribution in [0, 0.1) is 0 Å². The van der Waals surface area contributed by atoms with Gasteiger partial charge in [-0.25, -0.2) is 15.0 Å². The minimum atomic E-state index is 0.610. The Bertz CT molecular complexity index is 3460. The lowest BCUT2D eigenvalue weighted by molar-refractivity contribution is 0.669. The maximum atomic E-state index is 6.59. The van der Waals surface area contributed by atoms with E-state index in [2.05, 4.69) is 164 Å². The zero-order valence-corrected chi connectivity index (χ0v) is 33.7. The van der Waals surface area contributed by atoms with Crippen molar-refractivity contribution in [3.8, 4) is 89.8 Å². The van der Waals surface area contributed by atoms with Crippen molar-refractivity contribution in [1.29, 1.82) is 0 Å². The Morgan fingerprint density at radius 1 is 0.290 bits per heavy atom. The smallest absolute Gasteiger partial charge is 0.164 e. The van der Waals surface area contributed by atoms with Gasteiger partial charge >= 0.3 is 0 Å². The van der Waals surface area contributed by atoms with E-state index in [4.69, 9.17) is 19.4 Å². The zero-order chi connectivity index (χ0) is 41.0. The van der Waals surface area contributed by atoms with E-state index in [1.165, 1.54) is 38.9 Å². The van der Waals surface area contributed by atoms with Gasteiger partial charge < -0.3 is 4.42 Å². The highest BCUT2D eigenvalue weighted by Gasteiger charge is 2.21. The molecule has 0 bridgehead atoms. The van der Waals surface area contributed by atoms with Crippen LogP contribution < -0.4 is 0 Å². The first kappa shape index (κ1) is 35.7. The molecule has 1 aliphatic rings. The molecular weight excluding hydrogens is 755 g/mol. The van der Waals surface area contributed by atoms with E-state index in [0.717, 1.165) is 72.9 Å². The van der Waals surface area contributed by atoms with Crippen LogP contribution in [0.15, 0.2) is 217 Å². The quantitative estimate of drug-likeness (QED) is 0.161. The lowest BCUT2D eigenvalue weighted by Gasteiger charge is -2.12. The summed E-state index contributed by atoms with van der Waals surface area (Å²) in [4.78, 5) is 15.3. The van der Waals surface area contributed by atoms with E-state index in [1.807, 2.05) is 48.5 Å². The molecule has 0 aliphatic heterocycles. The molecule has 9 aromatic carbocycles. The third kappa shape index (κ3) is 6.37. The molecule has 2 heterocycles. The van der Waals surface area contributed by atoms with Crippen molar-refractivity contribution < 1.29 is 4.42 Å². The summed E-state index contributed by atoms with van der Waals surface area (Å²) in [6.45, 7) is 0. The van der Waals surface area contributed by atoms with Crippen LogP contribution in [0.4, 0.5) is 0 Å². The number of benzene rings is 9. The van der Waals surface area contributed by atoms with Gasteiger partial charge in [0.05, 0.1) is 0 Å². The Balaban J connectivity index is 0.947. The van der Waals surface area contributed by atoms with Crippen molar-refractivity contribution in [1.82, 2.24) is 15.0 Å². The predicted molar refractivity (Wildman–Crippen MR) is 253 cm³/mol. The Morgan fingerprint density at radius 3 is 1.53 bits per heavy atom. The standard InChI is InChI=1S/C58H37N3O/c1-3-12-37(13-4-1)38-22-24-39(25-23-38)40-26-28-42(29-27-40)57-59-56(41-14-5-2-6-15-41)60-58(61-57)46-18-11-17-45(33-46)52-35-47(36-54-55(52)51-20-9-10-21-53(51)62-54)43-30-31-50-48(32-43)34-44-16-7-8-19-49(44)50/h1-33,35-36H,34H2. The molecule has 12 rings (SSSR count). The van der Waals surface area contributed by atoms with Crippen LogP contribution in [0.2, 0.25) is 0 Å². The predicted octanol–water partition coefficient (Wildman–Crippen LogP) is 15.0. The average Bonchev–Trinajstić information content (AvgIpc) is 3.92. The first-order valence-electron chi connectivity index (χ1n) is 21.0. The minimum Gasteiger partial charge on any atom is -0.456 e. The lowest BCUT2D eigenvalue weighted by Crippen LogP contribution is -2.00. The number of furan rings is 1. The number of para-hydroxylation sites is 1. The molecule has 1 aliphatic carbocycles. The van der Waals surface area contributed by atoms with Crippen molar-refractivity contribution in [2.45, 2.75) is 6.42 Å². The molecule has 4 heteroatoms. The van der Waals surface area contributed by atoms with E-state index in [9.17, 15) is 0 Å². The van der Waals surface area contributed by atoms with Gasteiger partial charge in [0.2, 0.25) is 0 Å². The molecule has 0 fully saturated rings. The average molecular weight is 792 g/mol. The molecular formula is C58H37N3O. The number of hydrogen-bond acceptors (Lipinski definition) is 4. The lowest BCUT2D eigenvalue weighted by atomic mass is 9.92. The molecule has 0 N–H and O–H groups in total. The Morgan fingerprint density at radius 2 is 0.806 bits per heavy atom. The summed E-state index contributed by atoms with van der Waals surface area (Å²) in [7, 11) is 0. The number of hydrogen-bond donors (Lipinski definition) is 0. The van der Waals surface area contributed by atoms with Gasteiger partial charge in [-0.05, 0) is 97.4 Å². The third-order valence-corrected chi connectivity index (χ3v) is 12.2. The summed E-state index contributed by atoms with van der Waals surface area (Å²) in [5, 5.41) is 2.18. The second-order valence-corrected chi connectivity index (χ2v) is 16.0. The maximum absolute atomic E-state index is 6.59. The Kier molecular flexibility index (Phi) is 8.53. The number of nitrogens with zero attached hydrogens (tertiary/aromatic N) is 3. The van der Waals surface area contributed by atoms with Crippen molar-refractivity contribution in [3.05, 3.63) is 223 Å². The fraction of sp³-hybridized carbons (Fsp3) is 0.0172. The summed E-state index contributed by atoms with van der Waals surface area (Å²) >= 11 is 0. The van der Waals surface area contributed by atoms with Gasteiger partial charge in [-0.3, -0.25) is 0 Å². The van der Waals surface area contributed by atoms with Crippen molar-refractivity contribution in [2.75, 3.05) is 0 Å². The number of fused-ring (bicyclic) bond motifs is 6. The minimum absolute atomic E-state index is 0.610. The van der Waals surface area contributed by atoms with Crippen molar-refractivity contribution >= 4 is 21.9 Å². The van der Waals surface area contributed by atoms with Crippen LogP contribution in [0.5, 0.6) is 0 Å². The van der Waals surface area contributed by atoms with Gasteiger partial charge in [0, 0.05) is 27.5 Å². The summed E-state index contributed by atoms with van der Waals surface area (Å²) in [5.74, 6) is 1.86. The monoisotopic (exact) mass is 791 g/mol. The molecule has 4 nitrogen and oxygen atoms in total. The van der Waals surface area contributed by atoms with Crippen LogP contribution in [0.3, 0.4) is 0 Å². The van der Waals surface area contributed by atoms with Gasteiger partial charge in [-0.1, -0.05) is 188 Å². The number of aromatic nitrogens is 3.